The molecule has 1 aliphatic heterocycles. The first-order valence-corrected chi connectivity index (χ1v) is 6.78. The molecule has 2 fully saturated rings. The summed E-state index contributed by atoms with van der Waals surface area (Å²) in [5.41, 5.74) is 1.03. The number of allylic oxidation sites excluding steroid dienone is 1. The van der Waals surface area contributed by atoms with Crippen molar-refractivity contribution in [1.29, 1.82) is 0 Å². The minimum Gasteiger partial charge on any atom is -0.480 e. The number of nitrogens with one attached hydrogen (secondary N) is 1. The molecule has 4 heteroatoms. The molecule has 1 heterocycles. The summed E-state index contributed by atoms with van der Waals surface area (Å²) in [6, 6.07) is -0.467. The first kappa shape index (κ1) is 11.9. The van der Waals surface area contributed by atoms with E-state index in [9.17, 15) is 9.90 Å². The highest BCUT2D eigenvalue weighted by atomic mass is 16.5. The van der Waals surface area contributed by atoms with E-state index < -0.39 is 12.0 Å². The molecule has 3 aliphatic rings. The van der Waals surface area contributed by atoms with Crippen molar-refractivity contribution >= 4 is 5.97 Å². The predicted octanol–water partition coefficient (Wildman–Crippen LogP) is 2.12. The number of rotatable bonds is 3. The normalized spacial score (nSPS) is 34.7. The van der Waals surface area contributed by atoms with Gasteiger partial charge >= 0.3 is 5.97 Å². The molecule has 0 radical (unpaired) electrons. The monoisotopic (exact) mass is 251 g/mol. The van der Waals surface area contributed by atoms with Gasteiger partial charge in [-0.3, -0.25) is 0 Å². The predicted molar refractivity (Wildman–Crippen MR) is 66.7 cm³/mol. The topological polar surface area (TPSA) is 58.6 Å². The van der Waals surface area contributed by atoms with E-state index in [2.05, 4.69) is 5.32 Å². The molecule has 3 rings (SSSR count). The summed E-state index contributed by atoms with van der Waals surface area (Å²) in [5.74, 6) is 1.34. The molecular formula is C14H21NO3. The second kappa shape index (κ2) is 3.65. The maximum atomic E-state index is 11.4. The molecule has 0 saturated heterocycles. The molecule has 2 aliphatic carbocycles. The zero-order valence-electron chi connectivity index (χ0n) is 11.2. The van der Waals surface area contributed by atoms with Gasteiger partial charge in [-0.2, -0.15) is 0 Å². The lowest BCUT2D eigenvalue weighted by atomic mass is 9.87. The average molecular weight is 251 g/mol. The standard InChI is InChI=1S/C14H21NO3/c1-14(2,3)18-12-9-6-8(9)10(7-4-5-7)11(15-12)13(16)17/h7-8,10-11,15H,4-6H2,1-3H3,(H,16,17). The van der Waals surface area contributed by atoms with Crippen LogP contribution in [0.2, 0.25) is 0 Å². The highest BCUT2D eigenvalue weighted by Crippen LogP contribution is 2.57. The number of hydrogen-bond donors (Lipinski definition) is 2. The van der Waals surface area contributed by atoms with E-state index in [0.29, 0.717) is 11.8 Å². The van der Waals surface area contributed by atoms with Gasteiger partial charge in [0.2, 0.25) is 0 Å². The minimum absolute atomic E-state index is 0.280. The van der Waals surface area contributed by atoms with Gasteiger partial charge < -0.3 is 15.2 Å². The van der Waals surface area contributed by atoms with Crippen molar-refractivity contribution in [2.45, 2.75) is 51.7 Å². The third kappa shape index (κ3) is 2.08. The van der Waals surface area contributed by atoms with Crippen LogP contribution in [-0.4, -0.2) is 22.7 Å². The van der Waals surface area contributed by atoms with Crippen LogP contribution in [0.1, 0.15) is 40.0 Å². The summed E-state index contributed by atoms with van der Waals surface area (Å²) in [7, 11) is 0. The highest BCUT2D eigenvalue weighted by molar-refractivity contribution is 5.75. The number of hydrogen-bond acceptors (Lipinski definition) is 3. The Labute approximate surface area is 107 Å². The van der Waals surface area contributed by atoms with Gasteiger partial charge in [-0.1, -0.05) is 0 Å². The quantitative estimate of drug-likeness (QED) is 0.806. The number of ether oxygens (including phenoxy) is 1. The molecule has 18 heavy (non-hydrogen) atoms. The SMILES string of the molecule is CC(C)(C)OC1=C2CC2C(C2CC2)C(C(=O)O)N1. The van der Waals surface area contributed by atoms with Crippen LogP contribution in [0.25, 0.3) is 0 Å². The number of carbonyl (C=O) groups is 1. The fourth-order valence-electron chi connectivity index (χ4n) is 3.08. The van der Waals surface area contributed by atoms with Gasteiger partial charge in [0.15, 0.2) is 5.88 Å². The molecule has 3 unspecified atom stereocenters. The minimum atomic E-state index is -0.743. The number of aliphatic carboxylic acids is 1. The third-order valence-electron chi connectivity index (χ3n) is 4.00. The van der Waals surface area contributed by atoms with Crippen molar-refractivity contribution in [3.63, 3.8) is 0 Å². The summed E-state index contributed by atoms with van der Waals surface area (Å²) in [4.78, 5) is 11.4. The zero-order chi connectivity index (χ0) is 13.1. The third-order valence-corrected chi connectivity index (χ3v) is 4.00. The van der Waals surface area contributed by atoms with Gasteiger partial charge in [0, 0.05) is 0 Å². The summed E-state index contributed by atoms with van der Waals surface area (Å²) in [6.45, 7) is 5.97. The van der Waals surface area contributed by atoms with E-state index in [4.69, 9.17) is 4.74 Å². The summed E-state index contributed by atoms with van der Waals surface area (Å²) >= 11 is 0. The molecule has 0 aromatic carbocycles. The lowest BCUT2D eigenvalue weighted by Gasteiger charge is -2.33. The largest absolute Gasteiger partial charge is 0.480 e. The molecule has 3 atom stereocenters. The first-order chi connectivity index (χ1) is 8.37. The van der Waals surface area contributed by atoms with Crippen LogP contribution in [0, 0.1) is 17.8 Å². The number of carboxylic acids is 1. The van der Waals surface area contributed by atoms with E-state index in [-0.39, 0.29) is 11.5 Å². The van der Waals surface area contributed by atoms with Crippen LogP contribution in [0.15, 0.2) is 11.5 Å². The van der Waals surface area contributed by atoms with Crippen LogP contribution < -0.4 is 5.32 Å². The summed E-state index contributed by atoms with van der Waals surface area (Å²) < 4.78 is 5.87. The zero-order valence-corrected chi connectivity index (χ0v) is 11.2. The second-order valence-corrected chi connectivity index (χ2v) is 6.75. The molecule has 4 nitrogen and oxygen atoms in total. The van der Waals surface area contributed by atoms with Crippen molar-refractivity contribution in [3.05, 3.63) is 11.5 Å². The Morgan fingerprint density at radius 3 is 2.56 bits per heavy atom. The van der Waals surface area contributed by atoms with Gasteiger partial charge in [-0.15, -0.1) is 0 Å². The summed E-state index contributed by atoms with van der Waals surface area (Å²) in [5, 5.41) is 12.5. The Morgan fingerprint density at radius 2 is 2.06 bits per heavy atom. The van der Waals surface area contributed by atoms with Crippen molar-refractivity contribution in [2.24, 2.45) is 17.8 Å². The fraction of sp³-hybridized carbons (Fsp3) is 0.786. The average Bonchev–Trinajstić information content (AvgIpc) is 3.09. The maximum absolute atomic E-state index is 11.4. The lowest BCUT2D eigenvalue weighted by Crippen LogP contribution is -2.47. The van der Waals surface area contributed by atoms with Crippen molar-refractivity contribution in [2.75, 3.05) is 0 Å². The lowest BCUT2D eigenvalue weighted by molar-refractivity contribution is -0.142. The molecular weight excluding hydrogens is 230 g/mol. The number of carboxylic acid groups (broad SMARTS) is 1. The van der Waals surface area contributed by atoms with Crippen LogP contribution in [0.5, 0.6) is 0 Å². The Kier molecular flexibility index (Phi) is 2.41. The fourth-order valence-corrected chi connectivity index (χ4v) is 3.08. The van der Waals surface area contributed by atoms with Crippen LogP contribution >= 0.6 is 0 Å². The van der Waals surface area contributed by atoms with Crippen molar-refractivity contribution < 1.29 is 14.6 Å². The Hall–Kier alpha value is -1.19. The van der Waals surface area contributed by atoms with E-state index >= 15 is 0 Å². The Bertz CT molecular complexity index is 417. The van der Waals surface area contributed by atoms with Gasteiger partial charge in [0.25, 0.3) is 0 Å². The van der Waals surface area contributed by atoms with Crippen molar-refractivity contribution in [3.8, 4) is 0 Å². The molecule has 0 aromatic heterocycles. The van der Waals surface area contributed by atoms with Gasteiger partial charge in [-0.25, -0.2) is 4.79 Å². The highest BCUT2D eigenvalue weighted by Gasteiger charge is 2.55. The van der Waals surface area contributed by atoms with Gasteiger partial charge in [-0.05, 0) is 63.4 Å². The Balaban J connectivity index is 1.82. The van der Waals surface area contributed by atoms with Gasteiger partial charge in [0.1, 0.15) is 11.6 Å². The molecule has 0 bridgehead atoms. The molecule has 2 saturated carbocycles. The van der Waals surface area contributed by atoms with Crippen LogP contribution in [0.4, 0.5) is 0 Å². The smallest absolute Gasteiger partial charge is 0.326 e. The number of fused-ring (bicyclic) bond motifs is 1. The first-order valence-electron chi connectivity index (χ1n) is 6.78. The Morgan fingerprint density at radius 1 is 1.39 bits per heavy atom. The van der Waals surface area contributed by atoms with Gasteiger partial charge in [0.05, 0.1) is 0 Å². The van der Waals surface area contributed by atoms with E-state index in [1.165, 1.54) is 18.4 Å². The van der Waals surface area contributed by atoms with Crippen LogP contribution in [0.3, 0.4) is 0 Å². The maximum Gasteiger partial charge on any atom is 0.326 e. The molecule has 100 valence electrons. The molecule has 0 amide bonds. The molecule has 2 N–H and O–H groups in total. The molecule has 0 spiro atoms. The van der Waals surface area contributed by atoms with E-state index in [0.717, 1.165) is 12.3 Å². The van der Waals surface area contributed by atoms with E-state index in [1.54, 1.807) is 0 Å². The second-order valence-electron chi connectivity index (χ2n) is 6.75. The van der Waals surface area contributed by atoms with E-state index in [1.807, 2.05) is 20.8 Å². The van der Waals surface area contributed by atoms with Crippen LogP contribution in [-0.2, 0) is 9.53 Å². The van der Waals surface area contributed by atoms with Crippen molar-refractivity contribution in [1.82, 2.24) is 5.32 Å². The molecule has 0 aromatic rings. The summed E-state index contributed by atoms with van der Waals surface area (Å²) in [6.07, 6.45) is 3.40.